The van der Waals surface area contributed by atoms with Crippen LogP contribution in [-0.2, 0) is 23.9 Å². The fourth-order valence-corrected chi connectivity index (χ4v) is 3.13. The molecule has 0 aromatic rings. The molecule has 140 valence electrons. The molecule has 1 N–H and O–H groups in total. The minimum atomic E-state index is -0.771. The molecule has 0 aromatic carbocycles. The van der Waals surface area contributed by atoms with Gasteiger partial charge in [0, 0.05) is 17.6 Å². The lowest BCUT2D eigenvalue weighted by atomic mass is 9.85. The van der Waals surface area contributed by atoms with Crippen molar-refractivity contribution in [3.8, 4) is 0 Å². The molecule has 1 saturated heterocycles. The van der Waals surface area contributed by atoms with Gasteiger partial charge in [-0.3, -0.25) is 4.79 Å². The van der Waals surface area contributed by atoms with Gasteiger partial charge < -0.3 is 14.6 Å². The molecule has 1 heterocycles. The lowest BCUT2D eigenvalue weighted by Crippen LogP contribution is -2.34. The number of ether oxygens (including phenoxy) is 2. The summed E-state index contributed by atoms with van der Waals surface area (Å²) >= 11 is 0. The van der Waals surface area contributed by atoms with Gasteiger partial charge in [-0.1, -0.05) is 18.2 Å². The van der Waals surface area contributed by atoms with E-state index in [0.29, 0.717) is 12.0 Å². The molecule has 1 fully saturated rings. The van der Waals surface area contributed by atoms with Gasteiger partial charge in [-0.2, -0.15) is 0 Å². The summed E-state index contributed by atoms with van der Waals surface area (Å²) < 4.78 is 11.0. The second kappa shape index (κ2) is 8.76. The highest BCUT2D eigenvalue weighted by Gasteiger charge is 2.44. The Hall–Kier alpha value is -2.47. The molecule has 0 spiro atoms. The van der Waals surface area contributed by atoms with Crippen LogP contribution in [0.15, 0.2) is 47.1 Å². The van der Waals surface area contributed by atoms with E-state index in [1.165, 1.54) is 13.0 Å². The zero-order valence-corrected chi connectivity index (χ0v) is 15.1. The van der Waals surface area contributed by atoms with Crippen molar-refractivity contribution in [1.82, 2.24) is 0 Å². The molecule has 6 heteroatoms. The number of hydrogen-bond donors (Lipinski definition) is 1. The Labute approximate surface area is 152 Å². The molecule has 2 rings (SSSR count). The predicted octanol–water partition coefficient (Wildman–Crippen LogP) is 2.19. The summed E-state index contributed by atoms with van der Waals surface area (Å²) in [5.74, 6) is -1.70. The van der Waals surface area contributed by atoms with Crippen LogP contribution >= 0.6 is 0 Å². The Morgan fingerprint density at radius 3 is 2.88 bits per heavy atom. The van der Waals surface area contributed by atoms with Crippen molar-refractivity contribution in [2.45, 2.75) is 45.3 Å². The number of aliphatic hydroxyl groups excluding tert-OH is 1. The van der Waals surface area contributed by atoms with Gasteiger partial charge in [0.2, 0.25) is 0 Å². The zero-order chi connectivity index (χ0) is 19.3. The third-order valence-corrected chi connectivity index (χ3v) is 4.62. The van der Waals surface area contributed by atoms with E-state index in [1.807, 2.05) is 19.1 Å². The van der Waals surface area contributed by atoms with E-state index < -0.39 is 30.1 Å². The van der Waals surface area contributed by atoms with Crippen LogP contribution in [0.5, 0.6) is 0 Å². The standard InChI is InChI=1S/C20H24O6/c1-12-5-4-6-15(11-22)10-17(25-19(23)13(2)7-8-21)18-14(3)20(24)26-16(18)9-12/h6-7,9,11,16-18,21H,3-5,8,10H2,1-2H3. The van der Waals surface area contributed by atoms with E-state index in [0.717, 1.165) is 18.3 Å². The van der Waals surface area contributed by atoms with Gasteiger partial charge in [-0.25, -0.2) is 9.59 Å². The average Bonchev–Trinajstić information content (AvgIpc) is 2.86. The lowest BCUT2D eigenvalue weighted by molar-refractivity contribution is -0.147. The molecule has 0 amide bonds. The fraction of sp³-hybridized carbons (Fsp3) is 0.450. The highest BCUT2D eigenvalue weighted by atomic mass is 16.6. The lowest BCUT2D eigenvalue weighted by Gasteiger charge is -2.27. The molecule has 26 heavy (non-hydrogen) atoms. The van der Waals surface area contributed by atoms with E-state index in [4.69, 9.17) is 14.6 Å². The summed E-state index contributed by atoms with van der Waals surface area (Å²) in [6.07, 6.45) is 6.00. The Bertz CT molecular complexity index is 697. The maximum atomic E-state index is 12.3. The van der Waals surface area contributed by atoms with E-state index in [9.17, 15) is 14.4 Å². The SMILES string of the molecule is C=C1C(=O)OC2C=C(C)CCC=C(C=O)CC(OC(=O)C(C)=CCO)C12. The third-order valence-electron chi connectivity index (χ3n) is 4.62. The highest BCUT2D eigenvalue weighted by molar-refractivity contribution is 5.92. The van der Waals surface area contributed by atoms with Crippen LogP contribution in [0, 0.1) is 5.92 Å². The first-order chi connectivity index (χ1) is 12.4. The zero-order valence-electron chi connectivity index (χ0n) is 15.1. The Kier molecular flexibility index (Phi) is 6.69. The van der Waals surface area contributed by atoms with Crippen molar-refractivity contribution in [3.63, 3.8) is 0 Å². The summed E-state index contributed by atoms with van der Waals surface area (Å²) in [7, 11) is 0. The molecule has 0 saturated carbocycles. The monoisotopic (exact) mass is 360 g/mol. The van der Waals surface area contributed by atoms with Gasteiger partial charge in [0.15, 0.2) is 0 Å². The number of allylic oxidation sites excluding steroid dienone is 2. The molecule has 0 radical (unpaired) electrons. The minimum Gasteiger partial charge on any atom is -0.458 e. The van der Waals surface area contributed by atoms with Gasteiger partial charge in [0.05, 0.1) is 12.5 Å². The quantitative estimate of drug-likeness (QED) is 0.358. The van der Waals surface area contributed by atoms with Crippen LogP contribution in [0.3, 0.4) is 0 Å². The molecule has 0 aromatic heterocycles. The van der Waals surface area contributed by atoms with E-state index in [1.54, 1.807) is 0 Å². The summed E-state index contributed by atoms with van der Waals surface area (Å²) in [6, 6.07) is 0. The molecular weight excluding hydrogens is 336 g/mol. The topological polar surface area (TPSA) is 89.9 Å². The normalized spacial score (nSPS) is 27.0. The second-order valence-corrected chi connectivity index (χ2v) is 6.59. The Morgan fingerprint density at radius 1 is 1.50 bits per heavy atom. The molecule has 1 aliphatic heterocycles. The molecular formula is C20H24O6. The summed E-state index contributed by atoms with van der Waals surface area (Å²) in [5, 5.41) is 8.95. The summed E-state index contributed by atoms with van der Waals surface area (Å²) in [4.78, 5) is 35.8. The maximum Gasteiger partial charge on any atom is 0.334 e. The number of aliphatic hydroxyl groups is 1. The fourth-order valence-electron chi connectivity index (χ4n) is 3.13. The van der Waals surface area contributed by atoms with Crippen LogP contribution < -0.4 is 0 Å². The smallest absolute Gasteiger partial charge is 0.334 e. The van der Waals surface area contributed by atoms with Crippen LogP contribution in [0.25, 0.3) is 0 Å². The number of hydrogen-bond acceptors (Lipinski definition) is 6. The molecule has 0 bridgehead atoms. The highest BCUT2D eigenvalue weighted by Crippen LogP contribution is 2.36. The number of carbonyl (C=O) groups excluding carboxylic acids is 3. The Balaban J connectivity index is 2.40. The summed E-state index contributed by atoms with van der Waals surface area (Å²) in [6.45, 7) is 6.98. The van der Waals surface area contributed by atoms with Crippen LogP contribution in [0.2, 0.25) is 0 Å². The average molecular weight is 360 g/mol. The maximum absolute atomic E-state index is 12.3. The number of rotatable bonds is 4. The summed E-state index contributed by atoms with van der Waals surface area (Å²) in [5.41, 5.74) is 2.01. The van der Waals surface area contributed by atoms with Crippen molar-refractivity contribution in [2.24, 2.45) is 5.92 Å². The first-order valence-corrected chi connectivity index (χ1v) is 8.57. The molecule has 6 nitrogen and oxygen atoms in total. The van der Waals surface area contributed by atoms with Crippen molar-refractivity contribution in [3.05, 3.63) is 47.1 Å². The number of esters is 2. The van der Waals surface area contributed by atoms with E-state index in [-0.39, 0.29) is 24.2 Å². The van der Waals surface area contributed by atoms with Crippen molar-refractivity contribution in [2.75, 3.05) is 6.61 Å². The van der Waals surface area contributed by atoms with Gasteiger partial charge in [0.25, 0.3) is 0 Å². The first-order valence-electron chi connectivity index (χ1n) is 8.57. The largest absolute Gasteiger partial charge is 0.458 e. The van der Waals surface area contributed by atoms with Crippen LogP contribution in [0.4, 0.5) is 0 Å². The molecule has 2 aliphatic rings. The van der Waals surface area contributed by atoms with Crippen LogP contribution in [0.1, 0.15) is 33.1 Å². The van der Waals surface area contributed by atoms with Crippen LogP contribution in [-0.4, -0.2) is 42.1 Å². The van der Waals surface area contributed by atoms with Gasteiger partial charge >= 0.3 is 11.9 Å². The van der Waals surface area contributed by atoms with Gasteiger partial charge in [0.1, 0.15) is 18.5 Å². The minimum absolute atomic E-state index is 0.172. The van der Waals surface area contributed by atoms with Crippen molar-refractivity contribution < 1.29 is 29.0 Å². The van der Waals surface area contributed by atoms with Crippen molar-refractivity contribution in [1.29, 1.82) is 0 Å². The second-order valence-electron chi connectivity index (χ2n) is 6.59. The van der Waals surface area contributed by atoms with E-state index >= 15 is 0 Å². The van der Waals surface area contributed by atoms with Gasteiger partial charge in [-0.15, -0.1) is 0 Å². The molecule has 1 aliphatic carbocycles. The number of aldehydes is 1. The van der Waals surface area contributed by atoms with Crippen molar-refractivity contribution >= 4 is 18.2 Å². The third kappa shape index (κ3) is 4.58. The molecule has 3 atom stereocenters. The predicted molar refractivity (Wildman–Crippen MR) is 95.0 cm³/mol. The first kappa shape index (κ1) is 19.8. The van der Waals surface area contributed by atoms with E-state index in [2.05, 4.69) is 6.58 Å². The number of carbonyl (C=O) groups is 3. The number of fused-ring (bicyclic) bond motifs is 1. The van der Waals surface area contributed by atoms with Gasteiger partial charge in [-0.05, 0) is 44.4 Å². The molecule has 3 unspecified atom stereocenters. The Morgan fingerprint density at radius 2 is 2.23 bits per heavy atom.